The number of hydrogen-bond acceptors (Lipinski definition) is 6. The van der Waals surface area contributed by atoms with Gasteiger partial charge in [0.25, 0.3) is 10.1 Å². The summed E-state index contributed by atoms with van der Waals surface area (Å²) in [6.45, 7) is 4.36. The first-order chi connectivity index (χ1) is 7.16. The third kappa shape index (κ3) is 16.9. The average Bonchev–Trinajstić information content (AvgIpc) is 2.12. The Labute approximate surface area is 151 Å². The zero-order valence-corrected chi connectivity index (χ0v) is 15.8. The Morgan fingerprint density at radius 2 is 1.44 bits per heavy atom. The Hall–Kier alpha value is 0.850. The van der Waals surface area contributed by atoms with E-state index in [9.17, 15) is 28.2 Å². The summed E-state index contributed by atoms with van der Waals surface area (Å²) in [7, 11) is -4.94. The largest absolute Gasteiger partial charge is 1.00 e. The van der Waals surface area contributed by atoms with Gasteiger partial charge in [0.05, 0.1) is 5.97 Å². The second-order valence-electron chi connectivity index (χ2n) is 2.90. The minimum Gasteiger partial charge on any atom is -0.550 e. The van der Waals surface area contributed by atoms with Crippen LogP contribution in [0.2, 0.25) is 0 Å². The summed E-state index contributed by atoms with van der Waals surface area (Å²) in [5.74, 6) is -4.08. The molecule has 0 heterocycles. The number of hydrogen-bond donors (Lipinski definition) is 1. The number of carboxylic acid groups (broad SMARTS) is 2. The molecule has 0 amide bonds. The molecule has 0 fully saturated rings. The summed E-state index contributed by atoms with van der Waals surface area (Å²) in [6.07, 6.45) is 1.31. The van der Waals surface area contributed by atoms with Crippen molar-refractivity contribution in [3.05, 3.63) is 0 Å². The summed E-state index contributed by atoms with van der Waals surface area (Å²) in [5, 5.41) is 17.3. The Morgan fingerprint density at radius 1 is 1.11 bits per heavy atom. The van der Waals surface area contributed by atoms with E-state index in [1.165, 1.54) is 12.8 Å². The van der Waals surface area contributed by atoms with Crippen molar-refractivity contribution in [3.8, 4) is 0 Å². The summed E-state index contributed by atoms with van der Waals surface area (Å²) in [4.78, 5) is 19.7. The normalized spacial score (nSPS) is 10.8. The van der Waals surface area contributed by atoms with E-state index in [1.807, 2.05) is 0 Å². The molecular weight excluding hydrogens is 286 g/mol. The number of aliphatic carboxylic acids is 2. The minimum absolute atomic E-state index is 0. The molecule has 0 aromatic heterocycles. The fourth-order valence-electron chi connectivity index (χ4n) is 0.462. The smallest absolute Gasteiger partial charge is 0.550 e. The van der Waals surface area contributed by atoms with Gasteiger partial charge < -0.3 is 19.8 Å². The summed E-state index contributed by atoms with van der Waals surface area (Å²) >= 11 is 0. The number of rotatable bonds is 5. The molecule has 0 spiro atoms. The van der Waals surface area contributed by atoms with Crippen molar-refractivity contribution in [2.45, 2.75) is 38.4 Å². The van der Waals surface area contributed by atoms with Gasteiger partial charge in [-0.05, 0) is 0 Å². The Balaban J connectivity index is -0.000000143. The van der Waals surface area contributed by atoms with Gasteiger partial charge in [-0.2, -0.15) is 8.42 Å². The first-order valence-corrected chi connectivity index (χ1v) is 6.04. The van der Waals surface area contributed by atoms with Crippen LogP contribution in [0.3, 0.4) is 0 Å². The maximum atomic E-state index is 10.2. The fraction of sp³-hybridized carbons (Fsp3) is 0.750. The maximum absolute atomic E-state index is 10.2. The van der Waals surface area contributed by atoms with Crippen LogP contribution < -0.4 is 69.3 Å². The van der Waals surface area contributed by atoms with Gasteiger partial charge in [0.2, 0.25) is 0 Å². The van der Waals surface area contributed by atoms with E-state index in [0.29, 0.717) is 0 Å². The van der Waals surface area contributed by atoms with Crippen LogP contribution in [0.5, 0.6) is 0 Å². The molecule has 0 rings (SSSR count). The molecule has 0 bridgehead atoms. The van der Waals surface area contributed by atoms with E-state index in [1.54, 1.807) is 0 Å². The van der Waals surface area contributed by atoms with Crippen molar-refractivity contribution < 1.29 is 91.9 Å². The Bertz CT molecular complexity index is 326. The molecule has 0 aliphatic carbocycles. The quantitative estimate of drug-likeness (QED) is 0.393. The SMILES string of the molecule is CCCC.O=C([O-])CC(C(=O)[O-])S(=O)(=O)O.[Na+].[Na+]. The molecule has 0 aliphatic heterocycles. The van der Waals surface area contributed by atoms with Gasteiger partial charge in [-0.15, -0.1) is 0 Å². The molecule has 0 saturated heterocycles. The topological polar surface area (TPSA) is 135 Å². The van der Waals surface area contributed by atoms with Crippen molar-refractivity contribution >= 4 is 22.1 Å². The van der Waals surface area contributed by atoms with Crippen LogP contribution in [0.1, 0.15) is 33.1 Å². The van der Waals surface area contributed by atoms with Gasteiger partial charge in [0, 0.05) is 12.4 Å². The third-order valence-electron chi connectivity index (χ3n) is 1.47. The second kappa shape index (κ2) is 14.3. The molecule has 0 aliphatic rings. The molecule has 1 atom stereocenters. The number of unbranched alkanes of at least 4 members (excludes halogenated alkanes) is 1. The summed E-state index contributed by atoms with van der Waals surface area (Å²) in [6, 6.07) is 0. The van der Waals surface area contributed by atoms with Crippen LogP contribution in [-0.4, -0.2) is 30.2 Å². The molecule has 1 N–H and O–H groups in total. The van der Waals surface area contributed by atoms with E-state index in [4.69, 9.17) is 4.55 Å². The number of carboxylic acids is 2. The van der Waals surface area contributed by atoms with Gasteiger partial charge in [-0.1, -0.05) is 26.7 Å². The van der Waals surface area contributed by atoms with Crippen molar-refractivity contribution in [2.24, 2.45) is 0 Å². The molecular formula is C8H14Na2O7S. The van der Waals surface area contributed by atoms with Crippen molar-refractivity contribution in [3.63, 3.8) is 0 Å². The molecule has 96 valence electrons. The van der Waals surface area contributed by atoms with E-state index < -0.39 is 33.7 Å². The third-order valence-corrected chi connectivity index (χ3v) is 2.55. The van der Waals surface area contributed by atoms with E-state index in [0.717, 1.165) is 0 Å². The zero-order valence-electron chi connectivity index (χ0n) is 11.0. The number of carbonyl (C=O) groups is 2. The van der Waals surface area contributed by atoms with Gasteiger partial charge in [0.15, 0.2) is 0 Å². The van der Waals surface area contributed by atoms with Gasteiger partial charge in [0.1, 0.15) is 5.25 Å². The maximum Gasteiger partial charge on any atom is 1.00 e. The zero-order chi connectivity index (χ0) is 13.4. The summed E-state index contributed by atoms with van der Waals surface area (Å²) < 4.78 is 28.5. The Morgan fingerprint density at radius 3 is 1.50 bits per heavy atom. The minimum atomic E-state index is -4.94. The van der Waals surface area contributed by atoms with Crippen molar-refractivity contribution in [1.82, 2.24) is 0 Å². The van der Waals surface area contributed by atoms with Crippen LogP contribution in [0, 0.1) is 0 Å². The van der Waals surface area contributed by atoms with Crippen LogP contribution in [0.25, 0.3) is 0 Å². The van der Waals surface area contributed by atoms with Crippen molar-refractivity contribution in [2.75, 3.05) is 0 Å². The van der Waals surface area contributed by atoms with Crippen molar-refractivity contribution in [1.29, 1.82) is 0 Å². The van der Waals surface area contributed by atoms with Crippen LogP contribution in [0.4, 0.5) is 0 Å². The first kappa shape index (κ1) is 27.2. The average molecular weight is 300 g/mol. The monoisotopic (exact) mass is 300 g/mol. The molecule has 1 unspecified atom stereocenters. The van der Waals surface area contributed by atoms with Crippen LogP contribution in [0.15, 0.2) is 0 Å². The molecule has 0 aromatic rings. The predicted molar refractivity (Wildman–Crippen MR) is 50.5 cm³/mol. The second-order valence-corrected chi connectivity index (χ2v) is 4.50. The molecule has 0 aromatic carbocycles. The van der Waals surface area contributed by atoms with Crippen LogP contribution >= 0.6 is 0 Å². The number of carbonyl (C=O) groups excluding carboxylic acids is 2. The molecule has 10 heteroatoms. The predicted octanol–water partition coefficient (Wildman–Crippen LogP) is -8.05. The van der Waals surface area contributed by atoms with E-state index in [-0.39, 0.29) is 59.1 Å². The van der Waals surface area contributed by atoms with Gasteiger partial charge in [-0.3, -0.25) is 4.55 Å². The molecule has 18 heavy (non-hydrogen) atoms. The first-order valence-electron chi connectivity index (χ1n) is 4.53. The van der Waals surface area contributed by atoms with E-state index >= 15 is 0 Å². The van der Waals surface area contributed by atoms with Gasteiger partial charge in [-0.25, -0.2) is 0 Å². The standard InChI is InChI=1S/C4H6O7S.C4H10.2Na/c5-3(6)1-2(4(7)8)12(9,10)11;1-3-4-2;;/h2H,1H2,(H,5,6)(H,7,8)(H,9,10,11);3-4H2,1-2H3;;/q;;2*+1/p-2. The molecule has 0 saturated carbocycles. The summed E-state index contributed by atoms with van der Waals surface area (Å²) in [5.41, 5.74) is 0. The fourth-order valence-corrected chi connectivity index (χ4v) is 1.05. The van der Waals surface area contributed by atoms with E-state index in [2.05, 4.69) is 13.8 Å². The Kier molecular flexibility index (Phi) is 21.6. The van der Waals surface area contributed by atoms with Crippen LogP contribution in [-0.2, 0) is 19.7 Å². The molecule has 0 radical (unpaired) electrons. The molecule has 7 nitrogen and oxygen atoms in total. The van der Waals surface area contributed by atoms with Gasteiger partial charge >= 0.3 is 59.1 Å².